The van der Waals surface area contributed by atoms with Crippen LogP contribution < -0.4 is 5.32 Å². The molecule has 0 amide bonds. The summed E-state index contributed by atoms with van der Waals surface area (Å²) in [7, 11) is 0. The van der Waals surface area contributed by atoms with E-state index in [0.717, 1.165) is 16.7 Å². The Hall–Kier alpha value is -3.06. The summed E-state index contributed by atoms with van der Waals surface area (Å²) in [6.45, 7) is 3.47. The van der Waals surface area contributed by atoms with Crippen molar-refractivity contribution in [3.05, 3.63) is 65.4 Å². The number of ketones is 1. The molecule has 1 N–H and O–H groups in total. The van der Waals surface area contributed by atoms with Crippen LogP contribution in [-0.2, 0) is 0 Å². The highest BCUT2D eigenvalue weighted by Crippen LogP contribution is 2.28. The number of nitrogens with one attached hydrogen (secondary N) is 1. The van der Waals surface area contributed by atoms with Crippen molar-refractivity contribution < 1.29 is 9.21 Å². The normalized spacial score (nSPS) is 11.9. The summed E-state index contributed by atoms with van der Waals surface area (Å²) in [5.74, 6) is 0.747. The van der Waals surface area contributed by atoms with Crippen LogP contribution in [0.1, 0.15) is 41.6 Å². The van der Waals surface area contributed by atoms with E-state index in [0.29, 0.717) is 16.8 Å². The highest BCUT2D eigenvalue weighted by molar-refractivity contribution is 5.95. The summed E-state index contributed by atoms with van der Waals surface area (Å²) in [4.78, 5) is 11.5. The number of carbonyl (C=O) groups excluding carboxylic acids is 1. The predicted molar refractivity (Wildman–Crippen MR) is 89.4 cm³/mol. The minimum absolute atomic E-state index is 0.0334. The number of rotatable bonds is 4. The lowest BCUT2D eigenvalue weighted by atomic mass is 10.1. The van der Waals surface area contributed by atoms with Crippen molar-refractivity contribution in [2.75, 3.05) is 5.32 Å². The standard InChI is InChI=1S/C19H16N2O2/c1-12(19-10-15-5-3-4-6-18(15)23-19)21-17-9-14(13(2)22)7-8-16(17)11-20/h3-10,12,21H,1-2H3/t12-/m1/s1. The number of Topliss-reactive ketones (excluding diaryl/α,β-unsaturated/α-hetero) is 1. The van der Waals surface area contributed by atoms with Gasteiger partial charge in [0.15, 0.2) is 5.78 Å². The zero-order chi connectivity index (χ0) is 16.4. The quantitative estimate of drug-likeness (QED) is 0.711. The highest BCUT2D eigenvalue weighted by atomic mass is 16.3. The molecule has 1 atom stereocenters. The monoisotopic (exact) mass is 304 g/mol. The number of carbonyl (C=O) groups is 1. The number of nitriles is 1. The summed E-state index contributed by atoms with van der Waals surface area (Å²) >= 11 is 0. The maximum atomic E-state index is 11.5. The van der Waals surface area contributed by atoms with Crippen molar-refractivity contribution in [2.45, 2.75) is 19.9 Å². The van der Waals surface area contributed by atoms with Gasteiger partial charge in [0, 0.05) is 10.9 Å². The molecule has 0 fully saturated rings. The fourth-order valence-corrected chi connectivity index (χ4v) is 2.50. The number of benzene rings is 2. The molecule has 3 rings (SSSR count). The summed E-state index contributed by atoms with van der Waals surface area (Å²) in [5.41, 5.74) is 2.53. The van der Waals surface area contributed by atoms with Crippen molar-refractivity contribution in [1.82, 2.24) is 0 Å². The van der Waals surface area contributed by atoms with Crippen LogP contribution >= 0.6 is 0 Å². The van der Waals surface area contributed by atoms with E-state index in [1.165, 1.54) is 6.92 Å². The smallest absolute Gasteiger partial charge is 0.159 e. The molecule has 1 aromatic heterocycles. The van der Waals surface area contributed by atoms with E-state index >= 15 is 0 Å². The molecule has 23 heavy (non-hydrogen) atoms. The van der Waals surface area contributed by atoms with Crippen LogP contribution in [-0.4, -0.2) is 5.78 Å². The van der Waals surface area contributed by atoms with Crippen LogP contribution in [0.4, 0.5) is 5.69 Å². The van der Waals surface area contributed by atoms with Crippen LogP contribution in [0, 0.1) is 11.3 Å². The third-order valence-corrected chi connectivity index (χ3v) is 3.79. The molecule has 1 heterocycles. The van der Waals surface area contributed by atoms with Gasteiger partial charge in [0.25, 0.3) is 0 Å². The van der Waals surface area contributed by atoms with Gasteiger partial charge in [-0.3, -0.25) is 4.79 Å². The van der Waals surface area contributed by atoms with E-state index in [2.05, 4.69) is 11.4 Å². The van der Waals surface area contributed by atoms with Crippen molar-refractivity contribution in [3.8, 4) is 6.07 Å². The van der Waals surface area contributed by atoms with E-state index in [9.17, 15) is 10.1 Å². The molecular formula is C19H16N2O2. The van der Waals surface area contributed by atoms with Gasteiger partial charge in [0.1, 0.15) is 17.4 Å². The third kappa shape index (κ3) is 2.95. The van der Waals surface area contributed by atoms with Crippen molar-refractivity contribution >= 4 is 22.4 Å². The number of anilines is 1. The molecule has 4 nitrogen and oxygen atoms in total. The minimum Gasteiger partial charge on any atom is -0.459 e. The van der Waals surface area contributed by atoms with Gasteiger partial charge in [0.05, 0.1) is 17.3 Å². The molecule has 0 radical (unpaired) electrons. The Labute approximate surface area is 134 Å². The van der Waals surface area contributed by atoms with Crippen molar-refractivity contribution in [1.29, 1.82) is 5.26 Å². The second-order valence-electron chi connectivity index (χ2n) is 5.48. The lowest BCUT2D eigenvalue weighted by Gasteiger charge is -2.14. The molecule has 0 aliphatic carbocycles. The van der Waals surface area contributed by atoms with Gasteiger partial charge in [-0.15, -0.1) is 0 Å². The van der Waals surface area contributed by atoms with E-state index in [4.69, 9.17) is 4.42 Å². The Balaban J connectivity index is 1.92. The molecule has 0 aliphatic heterocycles. The number of hydrogen-bond acceptors (Lipinski definition) is 4. The largest absolute Gasteiger partial charge is 0.459 e. The van der Waals surface area contributed by atoms with Crippen molar-refractivity contribution in [3.63, 3.8) is 0 Å². The fraction of sp³-hybridized carbons (Fsp3) is 0.158. The summed E-state index contributed by atoms with van der Waals surface area (Å²) in [6.07, 6.45) is 0. The maximum Gasteiger partial charge on any atom is 0.159 e. The number of hydrogen-bond donors (Lipinski definition) is 1. The van der Waals surface area contributed by atoms with E-state index < -0.39 is 0 Å². The zero-order valence-electron chi connectivity index (χ0n) is 13.0. The van der Waals surface area contributed by atoms with Gasteiger partial charge in [-0.1, -0.05) is 18.2 Å². The second kappa shape index (κ2) is 5.98. The van der Waals surface area contributed by atoms with Gasteiger partial charge < -0.3 is 9.73 Å². The SMILES string of the molecule is CC(=O)c1ccc(C#N)c(N[C@H](C)c2cc3ccccc3o2)c1. The molecule has 3 aromatic rings. The molecule has 2 aromatic carbocycles. The van der Waals surface area contributed by atoms with Crippen LogP contribution in [0.2, 0.25) is 0 Å². The lowest BCUT2D eigenvalue weighted by Crippen LogP contribution is -2.08. The van der Waals surface area contributed by atoms with Gasteiger partial charge in [-0.25, -0.2) is 0 Å². The predicted octanol–water partition coefficient (Wildman–Crippen LogP) is 4.68. The van der Waals surface area contributed by atoms with Crippen molar-refractivity contribution in [2.24, 2.45) is 0 Å². The third-order valence-electron chi connectivity index (χ3n) is 3.79. The Morgan fingerprint density at radius 2 is 2.00 bits per heavy atom. The van der Waals surface area contributed by atoms with Gasteiger partial charge in [-0.2, -0.15) is 5.26 Å². The first-order chi connectivity index (χ1) is 11.1. The fourth-order valence-electron chi connectivity index (χ4n) is 2.50. The summed E-state index contributed by atoms with van der Waals surface area (Å²) in [6, 6.07) is 16.8. The van der Waals surface area contributed by atoms with Crippen LogP contribution in [0.15, 0.2) is 52.9 Å². The topological polar surface area (TPSA) is 66.0 Å². The number of para-hydroxylation sites is 1. The Kier molecular flexibility index (Phi) is 3.86. The number of nitrogens with zero attached hydrogens (tertiary/aromatic N) is 1. The number of furan rings is 1. The molecule has 0 saturated carbocycles. The first-order valence-electron chi connectivity index (χ1n) is 7.38. The molecule has 4 heteroatoms. The van der Waals surface area contributed by atoms with Gasteiger partial charge in [-0.05, 0) is 44.2 Å². The average Bonchev–Trinajstić information content (AvgIpc) is 2.99. The van der Waals surface area contributed by atoms with Gasteiger partial charge in [0.2, 0.25) is 0 Å². The Morgan fingerprint density at radius 3 is 2.70 bits per heavy atom. The molecule has 0 aliphatic rings. The Bertz CT molecular complexity index is 886. The summed E-state index contributed by atoms with van der Waals surface area (Å²) in [5, 5.41) is 13.5. The van der Waals surface area contributed by atoms with E-state index in [-0.39, 0.29) is 11.8 Å². The molecule has 114 valence electrons. The molecule has 0 saturated heterocycles. The van der Waals surface area contributed by atoms with Crippen LogP contribution in [0.25, 0.3) is 11.0 Å². The molecule has 0 bridgehead atoms. The van der Waals surface area contributed by atoms with Crippen LogP contribution in [0.3, 0.4) is 0 Å². The lowest BCUT2D eigenvalue weighted by molar-refractivity contribution is 0.101. The Morgan fingerprint density at radius 1 is 1.22 bits per heavy atom. The molecular weight excluding hydrogens is 288 g/mol. The minimum atomic E-state index is -0.128. The molecule has 0 spiro atoms. The van der Waals surface area contributed by atoms with E-state index in [1.807, 2.05) is 37.3 Å². The second-order valence-corrected chi connectivity index (χ2v) is 5.48. The first-order valence-corrected chi connectivity index (χ1v) is 7.38. The maximum absolute atomic E-state index is 11.5. The van der Waals surface area contributed by atoms with E-state index in [1.54, 1.807) is 18.2 Å². The average molecular weight is 304 g/mol. The summed E-state index contributed by atoms with van der Waals surface area (Å²) < 4.78 is 5.84. The highest BCUT2D eigenvalue weighted by Gasteiger charge is 2.14. The number of fused-ring (bicyclic) bond motifs is 1. The zero-order valence-corrected chi connectivity index (χ0v) is 13.0. The van der Waals surface area contributed by atoms with Crippen LogP contribution in [0.5, 0.6) is 0 Å². The molecule has 0 unspecified atom stereocenters. The van der Waals surface area contributed by atoms with Gasteiger partial charge >= 0.3 is 0 Å². The first kappa shape index (κ1) is 14.9.